The molecule has 1 atom stereocenters. The Morgan fingerprint density at radius 3 is 2.75 bits per heavy atom. The maximum Gasteiger partial charge on any atom is 0.278 e. The molecule has 3 aromatic rings. The van der Waals surface area contributed by atoms with Crippen LogP contribution >= 0.6 is 11.8 Å². The number of carbonyl (C=O) groups is 1. The lowest BCUT2D eigenvalue weighted by Crippen LogP contribution is -2.64. The number of aromatic hydroxyl groups is 1. The number of nitrogens with one attached hydrogen (secondary N) is 1. The topological polar surface area (TPSA) is 83.8 Å². The van der Waals surface area contributed by atoms with Gasteiger partial charge in [0.1, 0.15) is 6.17 Å². The number of ether oxygens (including phenoxy) is 1. The Kier molecular flexibility index (Phi) is 4.60. The van der Waals surface area contributed by atoms with Crippen LogP contribution in [0.2, 0.25) is 0 Å². The number of pyridine rings is 1. The van der Waals surface area contributed by atoms with Crippen LogP contribution in [0.5, 0.6) is 5.75 Å². The van der Waals surface area contributed by atoms with Crippen molar-refractivity contribution in [3.63, 3.8) is 0 Å². The van der Waals surface area contributed by atoms with E-state index in [-0.39, 0.29) is 29.3 Å². The van der Waals surface area contributed by atoms with Gasteiger partial charge in [0.15, 0.2) is 23.1 Å². The number of amides is 1. The molecule has 3 aliphatic heterocycles. The van der Waals surface area contributed by atoms with Gasteiger partial charge >= 0.3 is 0 Å². The highest BCUT2D eigenvalue weighted by Gasteiger charge is 2.57. The molecule has 184 valence electrons. The summed E-state index contributed by atoms with van der Waals surface area (Å²) in [7, 11) is 0. The second-order valence-corrected chi connectivity index (χ2v) is 10.8. The molecule has 1 amide bonds. The van der Waals surface area contributed by atoms with E-state index in [0.717, 1.165) is 29.4 Å². The minimum Gasteiger partial charge on any atom is -0.502 e. The predicted molar refractivity (Wildman–Crippen MR) is 129 cm³/mol. The number of nitrogens with zero attached hydrogens (tertiary/aromatic N) is 2. The largest absolute Gasteiger partial charge is 0.502 e. The second-order valence-electron chi connectivity index (χ2n) is 9.74. The molecule has 2 fully saturated rings. The zero-order chi connectivity index (χ0) is 24.8. The SMILES string of the molecule is O=C1c2c(O)c(=O)cc(-c3cc(F)c(F)c4c3Cc3ccccc3SC4)n2N[C@@H]2COCC3(CC3)N12. The van der Waals surface area contributed by atoms with E-state index >= 15 is 4.39 Å². The van der Waals surface area contributed by atoms with E-state index in [4.69, 9.17) is 4.74 Å². The van der Waals surface area contributed by atoms with Gasteiger partial charge in [0.25, 0.3) is 5.91 Å². The first-order valence-corrected chi connectivity index (χ1v) is 12.7. The monoisotopic (exact) mass is 509 g/mol. The molecule has 0 radical (unpaired) electrons. The summed E-state index contributed by atoms with van der Waals surface area (Å²) >= 11 is 1.43. The van der Waals surface area contributed by atoms with Gasteiger partial charge < -0.3 is 20.2 Å². The van der Waals surface area contributed by atoms with Gasteiger partial charge in [-0.15, -0.1) is 11.8 Å². The van der Waals surface area contributed by atoms with Crippen LogP contribution in [0.25, 0.3) is 11.3 Å². The smallest absolute Gasteiger partial charge is 0.278 e. The van der Waals surface area contributed by atoms with Crippen molar-refractivity contribution in [3.05, 3.63) is 80.6 Å². The van der Waals surface area contributed by atoms with Gasteiger partial charge in [-0.3, -0.25) is 9.59 Å². The molecule has 1 saturated carbocycles. The van der Waals surface area contributed by atoms with Crippen molar-refractivity contribution in [2.45, 2.75) is 41.6 Å². The number of halogens is 2. The summed E-state index contributed by atoms with van der Waals surface area (Å²) in [5.74, 6) is -2.89. The van der Waals surface area contributed by atoms with E-state index in [9.17, 15) is 19.1 Å². The van der Waals surface area contributed by atoms with Crippen molar-refractivity contribution >= 4 is 17.7 Å². The number of carbonyl (C=O) groups excluding carboxylic acids is 1. The molecule has 1 aromatic heterocycles. The lowest BCUT2D eigenvalue weighted by atomic mass is 9.92. The minimum absolute atomic E-state index is 0.191. The standard InChI is InChI=1S/C26H21F2N3O4S/c27-17-8-15(14-7-13-3-1-2-4-20(13)36-11-16(14)22(17)28)18-9-19(32)24(33)23-25(34)30-21(29-31(18)23)10-35-12-26(30)5-6-26/h1-4,8-9,21,29,33H,5-7,10-12H2/t21-/m0/s1. The summed E-state index contributed by atoms with van der Waals surface area (Å²) in [6.45, 7) is 0.620. The molecule has 1 spiro atoms. The van der Waals surface area contributed by atoms with Crippen LogP contribution in [-0.2, 0) is 16.9 Å². The minimum atomic E-state index is -1.04. The van der Waals surface area contributed by atoms with Crippen LogP contribution in [0.15, 0.2) is 46.1 Å². The fraction of sp³-hybridized carbons (Fsp3) is 0.308. The predicted octanol–water partition coefficient (Wildman–Crippen LogP) is 3.58. The molecule has 4 aliphatic rings. The molecule has 2 N–H and O–H groups in total. The van der Waals surface area contributed by atoms with Crippen LogP contribution in [0, 0.1) is 11.6 Å². The van der Waals surface area contributed by atoms with Crippen LogP contribution in [-0.4, -0.2) is 45.5 Å². The van der Waals surface area contributed by atoms with E-state index < -0.39 is 40.4 Å². The summed E-state index contributed by atoms with van der Waals surface area (Å²) in [5, 5.41) is 10.7. The number of hydrogen-bond acceptors (Lipinski definition) is 6. The summed E-state index contributed by atoms with van der Waals surface area (Å²) in [6, 6.07) is 9.91. The van der Waals surface area contributed by atoms with Gasteiger partial charge in [0.2, 0.25) is 5.43 Å². The highest BCUT2D eigenvalue weighted by molar-refractivity contribution is 7.98. The fourth-order valence-corrected chi connectivity index (χ4v) is 6.74. The Morgan fingerprint density at radius 1 is 1.14 bits per heavy atom. The molecule has 7 rings (SSSR count). The molecule has 1 saturated heterocycles. The normalized spacial score (nSPS) is 21.1. The third-order valence-corrected chi connectivity index (χ3v) is 8.75. The molecular formula is C26H21F2N3O4S. The quantitative estimate of drug-likeness (QED) is 0.522. The third-order valence-electron chi connectivity index (χ3n) is 7.61. The first kappa shape index (κ1) is 21.9. The number of morpholine rings is 1. The highest BCUT2D eigenvalue weighted by Crippen LogP contribution is 2.48. The first-order valence-electron chi connectivity index (χ1n) is 11.8. The van der Waals surface area contributed by atoms with Crippen LogP contribution in [0.1, 0.15) is 40.0 Å². The third kappa shape index (κ3) is 3.00. The molecule has 36 heavy (non-hydrogen) atoms. The van der Waals surface area contributed by atoms with E-state index in [0.29, 0.717) is 24.2 Å². The Balaban J connectivity index is 1.47. The van der Waals surface area contributed by atoms with Gasteiger partial charge in [-0.05, 0) is 42.5 Å². The summed E-state index contributed by atoms with van der Waals surface area (Å²) < 4.78 is 37.1. The highest BCUT2D eigenvalue weighted by atomic mass is 32.2. The molecular weight excluding hydrogens is 488 g/mol. The maximum absolute atomic E-state index is 15.1. The Bertz CT molecular complexity index is 1530. The van der Waals surface area contributed by atoms with Crippen molar-refractivity contribution < 1.29 is 23.4 Å². The molecule has 0 unspecified atom stereocenters. The lowest BCUT2D eigenvalue weighted by molar-refractivity contribution is -0.0463. The molecule has 7 nitrogen and oxygen atoms in total. The molecule has 4 heterocycles. The van der Waals surface area contributed by atoms with Crippen LogP contribution in [0.4, 0.5) is 8.78 Å². The zero-order valence-corrected chi connectivity index (χ0v) is 19.8. The maximum atomic E-state index is 15.1. The van der Waals surface area contributed by atoms with Crippen molar-refractivity contribution in [1.82, 2.24) is 9.58 Å². The molecule has 10 heteroatoms. The Hall–Kier alpha value is -3.37. The van der Waals surface area contributed by atoms with Crippen LogP contribution < -0.4 is 10.9 Å². The summed E-state index contributed by atoms with van der Waals surface area (Å²) in [5.41, 5.74) is 4.01. The molecule has 0 bridgehead atoms. The number of aromatic nitrogens is 1. The first-order chi connectivity index (χ1) is 17.4. The second kappa shape index (κ2) is 7.57. The zero-order valence-electron chi connectivity index (χ0n) is 19.0. The number of fused-ring (bicyclic) bond motifs is 5. The van der Waals surface area contributed by atoms with Gasteiger partial charge in [-0.1, -0.05) is 18.2 Å². The lowest BCUT2D eigenvalue weighted by Gasteiger charge is -2.47. The number of hydrogen-bond donors (Lipinski definition) is 2. The van der Waals surface area contributed by atoms with Gasteiger partial charge in [0.05, 0.1) is 24.4 Å². The summed E-state index contributed by atoms with van der Waals surface area (Å²) in [4.78, 5) is 29.2. The average Bonchev–Trinajstić information content (AvgIpc) is 3.66. The van der Waals surface area contributed by atoms with E-state index in [1.165, 1.54) is 22.5 Å². The fourth-order valence-electron chi connectivity index (χ4n) is 5.64. The Morgan fingerprint density at radius 2 is 1.94 bits per heavy atom. The number of rotatable bonds is 1. The van der Waals surface area contributed by atoms with Crippen LogP contribution in [0.3, 0.4) is 0 Å². The number of benzene rings is 2. The van der Waals surface area contributed by atoms with E-state index in [1.807, 2.05) is 24.3 Å². The van der Waals surface area contributed by atoms with Crippen molar-refractivity contribution in [1.29, 1.82) is 0 Å². The average molecular weight is 510 g/mol. The van der Waals surface area contributed by atoms with Crippen molar-refractivity contribution in [2.24, 2.45) is 0 Å². The Labute approximate surface area is 208 Å². The van der Waals surface area contributed by atoms with Gasteiger partial charge in [-0.25, -0.2) is 13.5 Å². The van der Waals surface area contributed by atoms with Gasteiger partial charge in [0, 0.05) is 27.8 Å². The molecule has 2 aromatic carbocycles. The summed E-state index contributed by atoms with van der Waals surface area (Å²) in [6.07, 6.45) is 1.35. The van der Waals surface area contributed by atoms with Gasteiger partial charge in [-0.2, -0.15) is 0 Å². The molecule has 1 aliphatic carbocycles. The van der Waals surface area contributed by atoms with Crippen molar-refractivity contribution in [3.8, 4) is 17.0 Å². The number of thioether (sulfide) groups is 1. The van der Waals surface area contributed by atoms with E-state index in [2.05, 4.69) is 5.43 Å². The van der Waals surface area contributed by atoms with Crippen molar-refractivity contribution in [2.75, 3.05) is 18.6 Å². The van der Waals surface area contributed by atoms with E-state index in [1.54, 1.807) is 4.90 Å².